The lowest BCUT2D eigenvalue weighted by molar-refractivity contribution is 0.0448. The molecule has 0 aromatic rings. The highest BCUT2D eigenvalue weighted by Gasteiger charge is 2.26. The third kappa shape index (κ3) is 8.88. The Labute approximate surface area is 139 Å². The fraction of sp³-hybridized carbons (Fsp3) is 0.733. The van der Waals surface area contributed by atoms with Crippen LogP contribution < -0.4 is 0 Å². The first kappa shape index (κ1) is 19.8. The number of rotatable bonds is 10. The molecule has 20 heavy (non-hydrogen) atoms. The Morgan fingerprint density at radius 1 is 1.45 bits per heavy atom. The maximum absolute atomic E-state index is 5.96. The van der Waals surface area contributed by atoms with Gasteiger partial charge in [0.05, 0.1) is 6.10 Å². The van der Waals surface area contributed by atoms with Crippen LogP contribution >= 0.6 is 23.0 Å². The second-order valence-electron chi connectivity index (χ2n) is 5.16. The third-order valence-corrected chi connectivity index (χ3v) is 3.38. The Morgan fingerprint density at radius 2 is 2.15 bits per heavy atom. The van der Waals surface area contributed by atoms with Gasteiger partial charge in [-0.25, -0.2) is 0 Å². The average Bonchev–Trinajstić information content (AvgIpc) is 2.42. The molecule has 3 atom stereocenters. The maximum atomic E-state index is 5.96. The van der Waals surface area contributed by atoms with Crippen molar-refractivity contribution in [2.45, 2.75) is 38.5 Å². The predicted octanol–water partition coefficient (Wildman–Crippen LogP) is 3.40. The minimum atomic E-state index is 0.119. The molecule has 3 unspecified atom stereocenters. The molecule has 113 valence electrons. The van der Waals surface area contributed by atoms with Gasteiger partial charge in [-0.05, 0) is 31.8 Å². The molecule has 0 amide bonds. The first-order valence-electron chi connectivity index (χ1n) is 7.04. The molecule has 0 aromatic heterocycles. The van der Waals surface area contributed by atoms with Crippen LogP contribution in [0.3, 0.4) is 0 Å². The molecule has 0 aliphatic heterocycles. The lowest BCUT2D eigenvalue weighted by atomic mass is 9.54. The van der Waals surface area contributed by atoms with Crippen LogP contribution in [0.1, 0.15) is 20.3 Å². The van der Waals surface area contributed by atoms with Gasteiger partial charge in [0.1, 0.15) is 20.0 Å². The predicted molar refractivity (Wildman–Crippen MR) is 95.1 cm³/mol. The van der Waals surface area contributed by atoms with Crippen LogP contribution in [0.2, 0.25) is 12.1 Å². The first-order valence-corrected chi connectivity index (χ1v) is 7.92. The number of likely N-dealkylation sites (N-methyl/N-ethyl adjacent to an activating group) is 1. The Bertz CT molecular complexity index is 315. The molecule has 0 saturated heterocycles. The summed E-state index contributed by atoms with van der Waals surface area (Å²) in [6.07, 6.45) is 6.92. The second-order valence-corrected chi connectivity index (χ2v) is 5.60. The molecule has 0 heterocycles. The van der Waals surface area contributed by atoms with Gasteiger partial charge in [0.25, 0.3) is 0 Å². The van der Waals surface area contributed by atoms with Crippen molar-refractivity contribution in [2.75, 3.05) is 27.2 Å². The molecular weight excluding hydrogens is 364 g/mol. The Hall–Kier alpha value is -0.185. The average molecular weight is 390 g/mol. The fourth-order valence-electron chi connectivity index (χ4n) is 2.07. The number of ether oxygens (including phenoxy) is 1. The van der Waals surface area contributed by atoms with Gasteiger partial charge in [-0.15, -0.1) is 6.58 Å². The molecule has 0 aliphatic rings. The van der Waals surface area contributed by atoms with Crippen molar-refractivity contribution in [2.24, 2.45) is 5.92 Å². The zero-order valence-corrected chi connectivity index (χ0v) is 15.2. The van der Waals surface area contributed by atoms with Crippen molar-refractivity contribution in [1.82, 2.24) is 4.90 Å². The van der Waals surface area contributed by atoms with Crippen LogP contribution in [-0.2, 0) is 7.80 Å². The van der Waals surface area contributed by atoms with Gasteiger partial charge in [-0.3, -0.25) is 0 Å². The van der Waals surface area contributed by atoms with E-state index >= 15 is 0 Å². The number of hydrogen-bond acceptors (Lipinski definition) is 3. The lowest BCUT2D eigenvalue weighted by Crippen LogP contribution is -2.36. The molecule has 0 saturated carbocycles. The van der Waals surface area contributed by atoms with E-state index in [1.165, 1.54) is 0 Å². The molecule has 1 radical (unpaired) electrons. The number of allylic oxidation sites excluding steroid dienone is 1. The van der Waals surface area contributed by atoms with Crippen LogP contribution in [0.4, 0.5) is 0 Å². The molecule has 0 bridgehead atoms. The summed E-state index contributed by atoms with van der Waals surface area (Å²) in [6.45, 7) is 9.57. The summed E-state index contributed by atoms with van der Waals surface area (Å²) in [5.74, 6) is 3.59. The summed E-state index contributed by atoms with van der Waals surface area (Å²) in [7, 11) is 6.49. The van der Waals surface area contributed by atoms with E-state index in [9.17, 15) is 0 Å². The smallest absolute Gasteiger partial charge is 0.207 e. The largest absolute Gasteiger partial charge is 0.378 e. The molecule has 0 aromatic carbocycles. The van der Waals surface area contributed by atoms with E-state index in [2.05, 4.69) is 58.7 Å². The molecule has 5 heteroatoms. The van der Waals surface area contributed by atoms with Gasteiger partial charge < -0.3 is 12.7 Å². The summed E-state index contributed by atoms with van der Waals surface area (Å²) in [6, 6.07) is 0. The summed E-state index contributed by atoms with van der Waals surface area (Å²) in [5, 5.41) is 0. The summed E-state index contributed by atoms with van der Waals surface area (Å²) in [4.78, 5) is 2.15. The molecule has 0 rings (SSSR count). The quantitative estimate of drug-likeness (QED) is 0.247. The van der Waals surface area contributed by atoms with Gasteiger partial charge in [0, 0.05) is 6.54 Å². The van der Waals surface area contributed by atoms with Crippen molar-refractivity contribution < 1.29 is 7.80 Å². The SMILES string of the molecule is C=CC(C)C([B]CCC)C(CN(C)C)OCC#COI. The number of hydrogen-bond donors (Lipinski definition) is 0. The maximum Gasteiger partial charge on any atom is 0.207 e. The van der Waals surface area contributed by atoms with E-state index in [4.69, 9.17) is 7.80 Å². The monoisotopic (exact) mass is 390 g/mol. The van der Waals surface area contributed by atoms with E-state index < -0.39 is 0 Å². The van der Waals surface area contributed by atoms with Gasteiger partial charge in [-0.1, -0.05) is 32.7 Å². The van der Waals surface area contributed by atoms with E-state index in [1.807, 2.05) is 6.08 Å². The van der Waals surface area contributed by atoms with Gasteiger partial charge in [-0.2, -0.15) is 0 Å². The molecule has 0 N–H and O–H groups in total. The third-order valence-electron chi connectivity index (χ3n) is 3.16. The Kier molecular flexibility index (Phi) is 12.4. The van der Waals surface area contributed by atoms with E-state index in [-0.39, 0.29) is 6.10 Å². The van der Waals surface area contributed by atoms with E-state index in [0.29, 0.717) is 18.3 Å². The number of nitrogens with zero attached hydrogens (tertiary/aromatic N) is 1. The summed E-state index contributed by atoms with van der Waals surface area (Å²) >= 11 is 1.76. The Balaban J connectivity index is 4.74. The summed E-state index contributed by atoms with van der Waals surface area (Å²) in [5.41, 5.74) is 0. The molecular formula is C15H26BINO2. The standard InChI is InChI=1S/C15H26BINO2/c1-6-9-16-15(13(3)7-2)14(12-18(4)5)19-10-8-11-20-17/h7,13-15H,2,6,9-10,12H2,1,3-5H3. The van der Waals surface area contributed by atoms with Crippen LogP contribution in [0, 0.1) is 17.9 Å². The van der Waals surface area contributed by atoms with Crippen LogP contribution in [0.25, 0.3) is 0 Å². The minimum Gasteiger partial charge on any atom is -0.378 e. The first-order chi connectivity index (χ1) is 9.56. The van der Waals surface area contributed by atoms with Crippen molar-refractivity contribution in [3.05, 3.63) is 12.7 Å². The zero-order chi connectivity index (χ0) is 15.4. The van der Waals surface area contributed by atoms with Gasteiger partial charge in [0.15, 0.2) is 0 Å². The van der Waals surface area contributed by atoms with Crippen molar-refractivity contribution in [3.63, 3.8) is 0 Å². The minimum absolute atomic E-state index is 0.119. The van der Waals surface area contributed by atoms with Crippen molar-refractivity contribution in [1.29, 1.82) is 0 Å². The topological polar surface area (TPSA) is 21.7 Å². The fourth-order valence-corrected chi connectivity index (χ4v) is 2.23. The Morgan fingerprint density at radius 3 is 2.65 bits per heavy atom. The van der Waals surface area contributed by atoms with Gasteiger partial charge >= 0.3 is 0 Å². The van der Waals surface area contributed by atoms with Crippen LogP contribution in [-0.4, -0.2) is 45.5 Å². The molecule has 0 aliphatic carbocycles. The van der Waals surface area contributed by atoms with Gasteiger partial charge in [0.2, 0.25) is 23.0 Å². The highest BCUT2D eigenvalue weighted by atomic mass is 127. The summed E-state index contributed by atoms with van der Waals surface area (Å²) < 4.78 is 10.7. The van der Waals surface area contributed by atoms with Crippen molar-refractivity contribution in [3.8, 4) is 12.0 Å². The molecule has 0 fully saturated rings. The second kappa shape index (κ2) is 12.5. The number of halogens is 1. The molecule has 3 nitrogen and oxygen atoms in total. The highest BCUT2D eigenvalue weighted by molar-refractivity contribution is 14.1. The van der Waals surface area contributed by atoms with Crippen LogP contribution in [0.5, 0.6) is 0 Å². The van der Waals surface area contributed by atoms with E-state index in [0.717, 1.165) is 19.3 Å². The zero-order valence-electron chi connectivity index (χ0n) is 13.1. The lowest BCUT2D eigenvalue weighted by Gasteiger charge is -2.32. The molecule has 0 spiro atoms. The van der Waals surface area contributed by atoms with Crippen LogP contribution in [0.15, 0.2) is 12.7 Å². The van der Waals surface area contributed by atoms with E-state index in [1.54, 1.807) is 23.0 Å². The highest BCUT2D eigenvalue weighted by Crippen LogP contribution is 2.26. The van der Waals surface area contributed by atoms with Crippen molar-refractivity contribution >= 4 is 30.3 Å². The normalized spacial score (nSPS) is 14.9.